The summed E-state index contributed by atoms with van der Waals surface area (Å²) in [6.07, 6.45) is 4.20. The number of nitrogen functional groups attached to an aromatic ring is 1. The lowest BCUT2D eigenvalue weighted by molar-refractivity contribution is -0.123. The Morgan fingerprint density at radius 1 is 1.24 bits per heavy atom. The molecule has 0 aliphatic heterocycles. The summed E-state index contributed by atoms with van der Waals surface area (Å²) in [6, 6.07) is 4.49. The van der Waals surface area contributed by atoms with Crippen molar-refractivity contribution in [3.8, 4) is 0 Å². The zero-order valence-electron chi connectivity index (χ0n) is 14.6. The van der Waals surface area contributed by atoms with Gasteiger partial charge in [-0.2, -0.15) is 0 Å². The number of anilines is 1. The van der Waals surface area contributed by atoms with Gasteiger partial charge in [0.1, 0.15) is 0 Å². The van der Waals surface area contributed by atoms with Crippen LogP contribution < -0.4 is 16.4 Å². The fourth-order valence-corrected chi connectivity index (χ4v) is 2.97. The molecule has 25 heavy (non-hydrogen) atoms. The van der Waals surface area contributed by atoms with E-state index in [9.17, 15) is 14.4 Å². The lowest BCUT2D eigenvalue weighted by Gasteiger charge is -2.29. The van der Waals surface area contributed by atoms with Crippen molar-refractivity contribution in [3.05, 3.63) is 29.3 Å². The molecule has 1 saturated carbocycles. The predicted molar refractivity (Wildman–Crippen MR) is 94.0 cm³/mol. The second-order valence-corrected chi connectivity index (χ2v) is 6.50. The maximum absolute atomic E-state index is 12.0. The first-order chi connectivity index (χ1) is 11.9. The molecule has 1 aliphatic carbocycles. The van der Waals surface area contributed by atoms with Crippen LogP contribution in [-0.2, 0) is 9.53 Å². The average molecular weight is 347 g/mol. The van der Waals surface area contributed by atoms with Gasteiger partial charge in [-0.25, -0.2) is 9.59 Å². The SMILES string of the molecule is Cc1cccc(C(=O)OCC(=O)NC(=O)N[C@H]2CCCC[C@@H]2C)c1N. The Hall–Kier alpha value is -2.57. The summed E-state index contributed by atoms with van der Waals surface area (Å²) in [5.41, 5.74) is 7.09. The van der Waals surface area contributed by atoms with Gasteiger partial charge < -0.3 is 15.8 Å². The maximum atomic E-state index is 12.0. The van der Waals surface area contributed by atoms with Gasteiger partial charge in [-0.05, 0) is 37.3 Å². The van der Waals surface area contributed by atoms with E-state index in [0.717, 1.165) is 31.2 Å². The Balaban J connectivity index is 1.79. The van der Waals surface area contributed by atoms with E-state index in [1.165, 1.54) is 6.07 Å². The largest absolute Gasteiger partial charge is 0.452 e. The summed E-state index contributed by atoms with van der Waals surface area (Å²) < 4.78 is 4.93. The Morgan fingerprint density at radius 2 is 1.96 bits per heavy atom. The first-order valence-corrected chi connectivity index (χ1v) is 8.51. The highest BCUT2D eigenvalue weighted by atomic mass is 16.5. The standard InChI is InChI=1S/C18H25N3O4/c1-11-6-3-4-9-14(11)20-18(24)21-15(22)10-25-17(23)13-8-5-7-12(2)16(13)19/h5,7-8,11,14H,3-4,6,9-10,19H2,1-2H3,(H2,20,21,22,24)/t11-,14-/m0/s1. The molecule has 4 N–H and O–H groups in total. The molecule has 2 atom stereocenters. The molecule has 0 unspecified atom stereocenters. The molecule has 7 heteroatoms. The number of aryl methyl sites for hydroxylation is 1. The van der Waals surface area contributed by atoms with Crippen LogP contribution in [0.5, 0.6) is 0 Å². The molecular formula is C18H25N3O4. The molecule has 1 aliphatic rings. The van der Waals surface area contributed by atoms with Crippen LogP contribution in [0.3, 0.4) is 0 Å². The summed E-state index contributed by atoms with van der Waals surface area (Å²) in [6.45, 7) is 3.31. The molecule has 2 rings (SSSR count). The van der Waals surface area contributed by atoms with Crippen LogP contribution in [0.4, 0.5) is 10.5 Å². The van der Waals surface area contributed by atoms with E-state index < -0.39 is 24.5 Å². The monoisotopic (exact) mass is 347 g/mol. The van der Waals surface area contributed by atoms with Gasteiger partial charge in [0, 0.05) is 11.7 Å². The van der Waals surface area contributed by atoms with Crippen LogP contribution in [0.1, 0.15) is 48.5 Å². The second-order valence-electron chi connectivity index (χ2n) is 6.50. The van der Waals surface area contributed by atoms with Gasteiger partial charge in [-0.1, -0.05) is 31.9 Å². The number of esters is 1. The lowest BCUT2D eigenvalue weighted by atomic mass is 9.86. The topological polar surface area (TPSA) is 111 Å². The quantitative estimate of drug-likeness (QED) is 0.571. The Morgan fingerprint density at radius 3 is 2.68 bits per heavy atom. The van der Waals surface area contributed by atoms with Crippen molar-refractivity contribution in [2.24, 2.45) is 5.92 Å². The van der Waals surface area contributed by atoms with Gasteiger partial charge in [0.25, 0.3) is 5.91 Å². The molecular weight excluding hydrogens is 322 g/mol. The maximum Gasteiger partial charge on any atom is 0.340 e. The van der Waals surface area contributed by atoms with E-state index in [0.29, 0.717) is 11.6 Å². The summed E-state index contributed by atoms with van der Waals surface area (Å²) in [5, 5.41) is 4.99. The van der Waals surface area contributed by atoms with Crippen molar-refractivity contribution in [3.63, 3.8) is 0 Å². The number of urea groups is 1. The lowest BCUT2D eigenvalue weighted by Crippen LogP contribution is -2.48. The number of ether oxygens (including phenoxy) is 1. The van der Waals surface area contributed by atoms with E-state index in [4.69, 9.17) is 10.5 Å². The van der Waals surface area contributed by atoms with Gasteiger partial charge in [0.15, 0.2) is 6.61 Å². The van der Waals surface area contributed by atoms with Crippen LogP contribution >= 0.6 is 0 Å². The minimum absolute atomic E-state index is 0.0659. The highest BCUT2D eigenvalue weighted by Crippen LogP contribution is 2.23. The number of hydrogen-bond donors (Lipinski definition) is 3. The smallest absolute Gasteiger partial charge is 0.340 e. The first kappa shape index (κ1) is 18.8. The molecule has 1 aromatic rings. The normalized spacial score (nSPS) is 19.8. The predicted octanol–water partition coefficient (Wildman–Crippen LogP) is 2.14. The highest BCUT2D eigenvalue weighted by molar-refractivity contribution is 5.99. The molecule has 0 radical (unpaired) electrons. The molecule has 0 bridgehead atoms. The summed E-state index contributed by atoms with van der Waals surface area (Å²) in [5.74, 6) is -0.991. The van der Waals surface area contributed by atoms with Crippen molar-refractivity contribution in [2.45, 2.75) is 45.6 Å². The third-order valence-corrected chi connectivity index (χ3v) is 4.56. The number of nitrogens with two attached hydrogens (primary N) is 1. The zero-order chi connectivity index (χ0) is 18.4. The fourth-order valence-electron chi connectivity index (χ4n) is 2.97. The Kier molecular flexibility index (Phi) is 6.38. The summed E-state index contributed by atoms with van der Waals surface area (Å²) in [7, 11) is 0. The Bertz CT molecular complexity index is 660. The molecule has 0 spiro atoms. The summed E-state index contributed by atoms with van der Waals surface area (Å²) in [4.78, 5) is 35.6. The molecule has 0 saturated heterocycles. The number of benzene rings is 1. The number of para-hydroxylation sites is 1. The second kappa shape index (κ2) is 8.50. The van der Waals surface area contributed by atoms with Crippen molar-refractivity contribution >= 4 is 23.6 Å². The molecule has 0 aromatic heterocycles. The molecule has 3 amide bonds. The van der Waals surface area contributed by atoms with E-state index in [1.54, 1.807) is 19.1 Å². The molecule has 1 fully saturated rings. The number of imide groups is 1. The fraction of sp³-hybridized carbons (Fsp3) is 0.500. The summed E-state index contributed by atoms with van der Waals surface area (Å²) >= 11 is 0. The van der Waals surface area contributed by atoms with Crippen LogP contribution in [0.2, 0.25) is 0 Å². The van der Waals surface area contributed by atoms with Gasteiger partial charge in [0.2, 0.25) is 0 Å². The van der Waals surface area contributed by atoms with E-state index in [-0.39, 0.29) is 11.6 Å². The number of hydrogen-bond acceptors (Lipinski definition) is 5. The number of amides is 3. The molecule has 0 heterocycles. The van der Waals surface area contributed by atoms with Crippen LogP contribution in [0.25, 0.3) is 0 Å². The highest BCUT2D eigenvalue weighted by Gasteiger charge is 2.23. The number of rotatable bonds is 4. The first-order valence-electron chi connectivity index (χ1n) is 8.51. The molecule has 1 aromatic carbocycles. The van der Waals surface area contributed by atoms with Gasteiger partial charge in [-0.15, -0.1) is 0 Å². The number of nitrogens with one attached hydrogen (secondary N) is 2. The Labute approximate surface area is 147 Å². The van der Waals surface area contributed by atoms with Crippen molar-refractivity contribution in [1.29, 1.82) is 0 Å². The van der Waals surface area contributed by atoms with Gasteiger partial charge in [-0.3, -0.25) is 10.1 Å². The van der Waals surface area contributed by atoms with Crippen molar-refractivity contribution < 1.29 is 19.1 Å². The zero-order valence-corrected chi connectivity index (χ0v) is 14.6. The third-order valence-electron chi connectivity index (χ3n) is 4.56. The minimum atomic E-state index is -0.697. The van der Waals surface area contributed by atoms with E-state index in [1.807, 2.05) is 0 Å². The number of carbonyl (C=O) groups excluding carboxylic acids is 3. The van der Waals surface area contributed by atoms with E-state index in [2.05, 4.69) is 17.6 Å². The number of carbonyl (C=O) groups is 3. The molecule has 7 nitrogen and oxygen atoms in total. The average Bonchev–Trinajstić information content (AvgIpc) is 2.57. The van der Waals surface area contributed by atoms with Crippen molar-refractivity contribution in [1.82, 2.24) is 10.6 Å². The third kappa shape index (κ3) is 5.20. The molecule has 136 valence electrons. The van der Waals surface area contributed by atoms with Gasteiger partial charge >= 0.3 is 12.0 Å². The van der Waals surface area contributed by atoms with Crippen LogP contribution in [0.15, 0.2) is 18.2 Å². The van der Waals surface area contributed by atoms with Gasteiger partial charge in [0.05, 0.1) is 5.56 Å². The minimum Gasteiger partial charge on any atom is -0.452 e. The van der Waals surface area contributed by atoms with E-state index >= 15 is 0 Å². The van der Waals surface area contributed by atoms with Crippen LogP contribution in [-0.4, -0.2) is 30.6 Å². The van der Waals surface area contributed by atoms with Crippen LogP contribution in [0, 0.1) is 12.8 Å². The van der Waals surface area contributed by atoms with Crippen molar-refractivity contribution in [2.75, 3.05) is 12.3 Å².